The molecule has 11 heteroatoms. The topological polar surface area (TPSA) is 130 Å². The van der Waals surface area contributed by atoms with Crippen LogP contribution in [0.25, 0.3) is 21.3 Å². The zero-order chi connectivity index (χ0) is 33.3. The molecule has 6 rings (SSSR count). The first-order valence-corrected chi connectivity index (χ1v) is 17.7. The Morgan fingerprint density at radius 1 is 0.875 bits per heavy atom. The van der Waals surface area contributed by atoms with Crippen molar-refractivity contribution in [2.45, 2.75) is 61.7 Å². The van der Waals surface area contributed by atoms with Crippen molar-refractivity contribution in [2.75, 3.05) is 5.75 Å². The van der Waals surface area contributed by atoms with Crippen molar-refractivity contribution in [3.8, 4) is 11.1 Å². The van der Waals surface area contributed by atoms with Crippen LogP contribution in [0, 0.1) is 0 Å². The third-order valence-electron chi connectivity index (χ3n) is 8.20. The summed E-state index contributed by atoms with van der Waals surface area (Å²) in [6, 6.07) is 32.1. The van der Waals surface area contributed by atoms with Gasteiger partial charge in [-0.1, -0.05) is 96.7 Å². The predicted octanol–water partition coefficient (Wildman–Crippen LogP) is 7.09. The molecule has 0 radical (unpaired) electrons. The van der Waals surface area contributed by atoms with Crippen molar-refractivity contribution in [1.29, 1.82) is 0 Å². The molecule has 1 aromatic heterocycles. The fraction of sp³-hybridized carbons (Fsp3) is 0.270. The van der Waals surface area contributed by atoms with E-state index in [0.717, 1.165) is 49.0 Å². The fourth-order valence-electron chi connectivity index (χ4n) is 5.62. The molecular weight excluding hydrogens is 647 g/mol. The Balaban J connectivity index is 1.15. The number of amides is 2. The minimum absolute atomic E-state index is 0.00761. The summed E-state index contributed by atoms with van der Waals surface area (Å²) < 4.78 is 15.3. The van der Waals surface area contributed by atoms with Crippen molar-refractivity contribution in [2.24, 2.45) is 0 Å². The van der Waals surface area contributed by atoms with E-state index in [1.54, 1.807) is 28.6 Å². The number of carbonyl (C=O) groups is 2. The quantitative estimate of drug-likeness (QED) is 0.0589. The second kappa shape index (κ2) is 16.3. The van der Waals surface area contributed by atoms with E-state index in [4.69, 9.17) is 19.7 Å². The summed E-state index contributed by atoms with van der Waals surface area (Å²) in [5.41, 5.74) is 8.36. The van der Waals surface area contributed by atoms with Gasteiger partial charge in [0.15, 0.2) is 10.6 Å². The van der Waals surface area contributed by atoms with Gasteiger partial charge in [-0.3, -0.25) is 14.8 Å². The van der Waals surface area contributed by atoms with Crippen molar-refractivity contribution in [1.82, 2.24) is 15.8 Å². The van der Waals surface area contributed by atoms with Crippen molar-refractivity contribution < 1.29 is 29.4 Å². The third kappa shape index (κ3) is 8.67. The molecule has 248 valence electrons. The molecule has 1 aliphatic rings. The molecule has 4 aromatic carbocycles. The molecule has 0 aliphatic carbocycles. The Morgan fingerprint density at radius 2 is 1.60 bits per heavy atom. The molecule has 1 aliphatic heterocycles. The maximum atomic E-state index is 12.4. The molecule has 0 bridgehead atoms. The lowest BCUT2D eigenvalue weighted by Gasteiger charge is -2.36. The number of nitrogens with zero attached hydrogens (tertiary/aromatic N) is 1. The highest BCUT2D eigenvalue weighted by molar-refractivity contribution is 8.01. The van der Waals surface area contributed by atoms with Crippen molar-refractivity contribution >= 4 is 45.1 Å². The van der Waals surface area contributed by atoms with Gasteiger partial charge in [0.2, 0.25) is 11.8 Å². The maximum Gasteiger partial charge on any atom is 0.243 e. The van der Waals surface area contributed by atoms with Gasteiger partial charge in [0.1, 0.15) is 0 Å². The van der Waals surface area contributed by atoms with E-state index in [-0.39, 0.29) is 37.6 Å². The molecule has 2 heterocycles. The van der Waals surface area contributed by atoms with Crippen molar-refractivity contribution in [3.63, 3.8) is 0 Å². The summed E-state index contributed by atoms with van der Waals surface area (Å²) in [4.78, 5) is 28.4. The molecule has 9 nitrogen and oxygen atoms in total. The van der Waals surface area contributed by atoms with E-state index in [9.17, 15) is 14.7 Å². The maximum absolute atomic E-state index is 12.4. The summed E-state index contributed by atoms with van der Waals surface area (Å²) in [5, 5.41) is 21.1. The van der Waals surface area contributed by atoms with Gasteiger partial charge in [0.05, 0.1) is 29.0 Å². The second-order valence-electron chi connectivity index (χ2n) is 11.6. The highest BCUT2D eigenvalue weighted by Gasteiger charge is 2.32. The zero-order valence-electron chi connectivity index (χ0n) is 26.2. The van der Waals surface area contributed by atoms with Gasteiger partial charge in [-0.25, -0.2) is 10.5 Å². The average Bonchev–Trinajstić information content (AvgIpc) is 3.56. The van der Waals surface area contributed by atoms with Crippen LogP contribution in [-0.4, -0.2) is 39.0 Å². The number of carbonyl (C=O) groups excluding carboxylic acids is 2. The van der Waals surface area contributed by atoms with Gasteiger partial charge in [0.25, 0.3) is 0 Å². The Bertz CT molecular complexity index is 1800. The van der Waals surface area contributed by atoms with Gasteiger partial charge >= 0.3 is 0 Å². The van der Waals surface area contributed by atoms with Gasteiger partial charge in [-0.15, -0.1) is 11.3 Å². The third-order valence-corrected chi connectivity index (χ3v) is 10.5. The summed E-state index contributed by atoms with van der Waals surface area (Å²) in [6.07, 6.45) is 0.490. The number of nitrogens with one attached hydrogen (secondary N) is 2. The van der Waals surface area contributed by atoms with Gasteiger partial charge in [-0.2, -0.15) is 0 Å². The van der Waals surface area contributed by atoms with E-state index in [1.165, 1.54) is 4.70 Å². The molecule has 1 saturated heterocycles. The summed E-state index contributed by atoms with van der Waals surface area (Å²) in [6.45, 7) is 0.342. The number of aliphatic hydroxyl groups is 1. The SMILES string of the molecule is O=C(CCCC(=O)NCc1ccccc1-c1ccc(C2OC(CSc3nc4ccccc4s3)CC(c3ccc(CO)cc3)O2)cc1)NO. The van der Waals surface area contributed by atoms with Crippen LogP contribution in [-0.2, 0) is 32.2 Å². The molecule has 3 unspecified atom stereocenters. The van der Waals surface area contributed by atoms with E-state index >= 15 is 0 Å². The van der Waals surface area contributed by atoms with Crippen LogP contribution in [0.4, 0.5) is 0 Å². The largest absolute Gasteiger partial charge is 0.392 e. The molecular formula is C37H37N3O6S2. The Labute approximate surface area is 287 Å². The van der Waals surface area contributed by atoms with Crippen LogP contribution in [0.3, 0.4) is 0 Å². The molecule has 48 heavy (non-hydrogen) atoms. The number of hydroxylamine groups is 1. The molecule has 4 N–H and O–H groups in total. The normalized spacial score (nSPS) is 17.7. The lowest BCUT2D eigenvalue weighted by atomic mass is 9.97. The molecule has 5 aromatic rings. The van der Waals surface area contributed by atoms with Crippen molar-refractivity contribution in [3.05, 3.63) is 119 Å². The van der Waals surface area contributed by atoms with Crippen LogP contribution in [0.15, 0.2) is 101 Å². The van der Waals surface area contributed by atoms with Gasteiger partial charge in [0, 0.05) is 37.1 Å². The van der Waals surface area contributed by atoms with Crippen LogP contribution < -0.4 is 10.8 Å². The number of thioether (sulfide) groups is 1. The number of thiazole rings is 1. The number of aliphatic hydroxyl groups excluding tert-OH is 1. The van der Waals surface area contributed by atoms with Crippen LogP contribution in [0.5, 0.6) is 0 Å². The second-order valence-corrected chi connectivity index (χ2v) is 13.9. The summed E-state index contributed by atoms with van der Waals surface area (Å²) in [7, 11) is 0. The smallest absolute Gasteiger partial charge is 0.243 e. The Kier molecular flexibility index (Phi) is 11.5. The number of para-hydroxylation sites is 1. The van der Waals surface area contributed by atoms with Crippen LogP contribution in [0.2, 0.25) is 0 Å². The first-order chi connectivity index (χ1) is 23.5. The average molecular weight is 684 g/mol. The molecule has 1 fully saturated rings. The van der Waals surface area contributed by atoms with Crippen LogP contribution >= 0.6 is 23.1 Å². The molecule has 0 saturated carbocycles. The number of hydrogen-bond donors (Lipinski definition) is 4. The zero-order valence-corrected chi connectivity index (χ0v) is 27.8. The molecule has 2 amide bonds. The molecule has 0 spiro atoms. The lowest BCUT2D eigenvalue weighted by Crippen LogP contribution is -2.31. The number of ether oxygens (including phenoxy) is 2. The first-order valence-electron chi connectivity index (χ1n) is 15.9. The van der Waals surface area contributed by atoms with E-state index in [0.29, 0.717) is 19.4 Å². The Morgan fingerprint density at radius 3 is 2.38 bits per heavy atom. The molecule has 3 atom stereocenters. The number of fused-ring (bicyclic) bond motifs is 1. The minimum atomic E-state index is -0.571. The van der Waals surface area contributed by atoms with Crippen LogP contribution in [0.1, 0.15) is 60.3 Å². The monoisotopic (exact) mass is 683 g/mol. The standard InChI is InChI=1S/C37H37N3O6S2/c41-22-24-12-14-26(15-13-24)32-20-29(23-47-37-39-31-8-3-4-9-33(31)48-37)45-36(46-32)27-18-16-25(17-19-27)30-7-2-1-6-28(30)21-38-34(42)10-5-11-35(43)40-44/h1-4,6-9,12-19,29,32,36,41,44H,5,10-11,20-23H2,(H,38,42)(H,40,43). The highest BCUT2D eigenvalue weighted by Crippen LogP contribution is 2.40. The number of hydrogen-bond acceptors (Lipinski definition) is 9. The number of aromatic nitrogens is 1. The predicted molar refractivity (Wildman–Crippen MR) is 186 cm³/mol. The number of benzene rings is 4. The first kappa shape index (κ1) is 33.8. The highest BCUT2D eigenvalue weighted by atomic mass is 32.2. The van der Waals surface area contributed by atoms with Gasteiger partial charge in [-0.05, 0) is 46.4 Å². The number of rotatable bonds is 13. The lowest BCUT2D eigenvalue weighted by molar-refractivity contribution is -0.245. The van der Waals surface area contributed by atoms with E-state index in [2.05, 4.69) is 11.4 Å². The minimum Gasteiger partial charge on any atom is -0.392 e. The fourth-order valence-corrected chi connectivity index (χ4v) is 7.74. The summed E-state index contributed by atoms with van der Waals surface area (Å²) >= 11 is 3.39. The van der Waals surface area contributed by atoms with E-state index < -0.39 is 12.2 Å². The Hall–Kier alpha value is -4.10. The van der Waals surface area contributed by atoms with E-state index in [1.807, 2.05) is 91.0 Å². The van der Waals surface area contributed by atoms with Gasteiger partial charge < -0.3 is 19.9 Å². The summed E-state index contributed by atoms with van der Waals surface area (Å²) in [5.74, 6) is 0.0668.